The second kappa shape index (κ2) is 4.16. The zero-order chi connectivity index (χ0) is 10.3. The summed E-state index contributed by atoms with van der Waals surface area (Å²) in [4.78, 5) is 0. The van der Waals surface area contributed by atoms with Crippen LogP contribution >= 0.6 is 12.4 Å². The summed E-state index contributed by atoms with van der Waals surface area (Å²) in [5.41, 5.74) is 8.61. The quantitative estimate of drug-likeness (QED) is 0.699. The number of benzene rings is 2. The highest BCUT2D eigenvalue weighted by Gasteiger charge is 2.05. The van der Waals surface area contributed by atoms with Gasteiger partial charge in [-0.2, -0.15) is 0 Å². The minimum Gasteiger partial charge on any atom is -0.456 e. The zero-order valence-electron chi connectivity index (χ0n) is 8.64. The SMILES string of the molecule is Cl.NCc1ccc2oc3ccccc3c2c1. The number of furan rings is 1. The first-order valence-electron chi connectivity index (χ1n) is 4.99. The average Bonchev–Trinajstić information content (AvgIpc) is 2.66. The highest BCUT2D eigenvalue weighted by Crippen LogP contribution is 2.28. The Balaban J connectivity index is 0.000000963. The molecule has 0 aliphatic carbocycles. The molecule has 82 valence electrons. The van der Waals surface area contributed by atoms with Crippen molar-refractivity contribution in [2.75, 3.05) is 0 Å². The van der Waals surface area contributed by atoms with Gasteiger partial charge in [0.1, 0.15) is 11.2 Å². The summed E-state index contributed by atoms with van der Waals surface area (Å²) in [5, 5.41) is 2.30. The third-order valence-corrected chi connectivity index (χ3v) is 2.68. The molecule has 3 rings (SSSR count). The molecule has 0 fully saturated rings. The van der Waals surface area contributed by atoms with E-state index in [9.17, 15) is 0 Å². The maximum absolute atomic E-state index is 5.71. The molecule has 2 N–H and O–H groups in total. The van der Waals surface area contributed by atoms with E-state index in [1.54, 1.807) is 0 Å². The van der Waals surface area contributed by atoms with Crippen molar-refractivity contribution in [1.29, 1.82) is 0 Å². The summed E-state index contributed by atoms with van der Waals surface area (Å²) >= 11 is 0. The molecule has 0 aliphatic rings. The molecule has 3 heteroatoms. The molecule has 0 atom stereocenters. The largest absolute Gasteiger partial charge is 0.456 e. The second-order valence-electron chi connectivity index (χ2n) is 3.63. The Hall–Kier alpha value is -1.51. The van der Waals surface area contributed by atoms with Gasteiger partial charge in [-0.1, -0.05) is 24.3 Å². The van der Waals surface area contributed by atoms with E-state index >= 15 is 0 Å². The minimum absolute atomic E-state index is 0. The zero-order valence-corrected chi connectivity index (χ0v) is 9.46. The van der Waals surface area contributed by atoms with Crippen LogP contribution in [-0.4, -0.2) is 0 Å². The number of para-hydroxylation sites is 1. The normalized spacial score (nSPS) is 10.6. The number of hydrogen-bond donors (Lipinski definition) is 1. The van der Waals surface area contributed by atoms with E-state index in [1.165, 1.54) is 0 Å². The van der Waals surface area contributed by atoms with Gasteiger partial charge in [0.15, 0.2) is 0 Å². The first-order valence-corrected chi connectivity index (χ1v) is 4.99. The van der Waals surface area contributed by atoms with Gasteiger partial charge in [0.25, 0.3) is 0 Å². The lowest BCUT2D eigenvalue weighted by Crippen LogP contribution is -1.94. The van der Waals surface area contributed by atoms with Crippen molar-refractivity contribution in [2.24, 2.45) is 5.73 Å². The van der Waals surface area contributed by atoms with Crippen molar-refractivity contribution in [2.45, 2.75) is 6.54 Å². The number of rotatable bonds is 1. The van der Waals surface area contributed by atoms with Crippen molar-refractivity contribution in [1.82, 2.24) is 0 Å². The Morgan fingerprint density at radius 1 is 0.938 bits per heavy atom. The molecule has 1 heterocycles. The van der Waals surface area contributed by atoms with Crippen LogP contribution in [-0.2, 0) is 6.54 Å². The van der Waals surface area contributed by atoms with E-state index in [1.807, 2.05) is 30.3 Å². The van der Waals surface area contributed by atoms with Crippen molar-refractivity contribution in [3.63, 3.8) is 0 Å². The van der Waals surface area contributed by atoms with E-state index < -0.39 is 0 Å². The van der Waals surface area contributed by atoms with Crippen LogP contribution in [0.15, 0.2) is 46.9 Å². The monoisotopic (exact) mass is 233 g/mol. The summed E-state index contributed by atoms with van der Waals surface area (Å²) in [7, 11) is 0. The molecule has 3 aromatic rings. The van der Waals surface area contributed by atoms with Crippen LogP contribution < -0.4 is 5.73 Å². The van der Waals surface area contributed by atoms with Crippen LogP contribution in [0.5, 0.6) is 0 Å². The van der Waals surface area contributed by atoms with Gasteiger partial charge in [0.05, 0.1) is 0 Å². The molecule has 2 nitrogen and oxygen atoms in total. The van der Waals surface area contributed by atoms with Gasteiger partial charge >= 0.3 is 0 Å². The van der Waals surface area contributed by atoms with Gasteiger partial charge in [-0.15, -0.1) is 12.4 Å². The van der Waals surface area contributed by atoms with Crippen LogP contribution in [0, 0.1) is 0 Å². The number of halogens is 1. The Morgan fingerprint density at radius 2 is 1.69 bits per heavy atom. The molecule has 0 amide bonds. The van der Waals surface area contributed by atoms with Gasteiger partial charge in [-0.3, -0.25) is 0 Å². The third kappa shape index (κ3) is 1.56. The van der Waals surface area contributed by atoms with E-state index in [-0.39, 0.29) is 12.4 Å². The number of fused-ring (bicyclic) bond motifs is 3. The Morgan fingerprint density at radius 3 is 2.50 bits per heavy atom. The molecule has 0 bridgehead atoms. The first kappa shape index (κ1) is 11.0. The van der Waals surface area contributed by atoms with Gasteiger partial charge < -0.3 is 10.2 Å². The summed E-state index contributed by atoms with van der Waals surface area (Å²) in [6, 6.07) is 14.1. The van der Waals surface area contributed by atoms with Crippen LogP contribution in [0.1, 0.15) is 5.56 Å². The molecule has 0 saturated carbocycles. The smallest absolute Gasteiger partial charge is 0.135 e. The van der Waals surface area contributed by atoms with Gasteiger partial charge in [0.2, 0.25) is 0 Å². The van der Waals surface area contributed by atoms with Crippen molar-refractivity contribution >= 4 is 34.3 Å². The lowest BCUT2D eigenvalue weighted by molar-refractivity contribution is 0.669. The summed E-state index contributed by atoms with van der Waals surface area (Å²) in [5.74, 6) is 0. The summed E-state index contributed by atoms with van der Waals surface area (Å²) in [6.45, 7) is 0.565. The molecule has 0 spiro atoms. The Kier molecular flexibility index (Phi) is 2.86. The van der Waals surface area contributed by atoms with Crippen LogP contribution in [0.3, 0.4) is 0 Å². The molecule has 2 aromatic carbocycles. The van der Waals surface area contributed by atoms with Crippen LogP contribution in [0.25, 0.3) is 21.9 Å². The fourth-order valence-electron chi connectivity index (χ4n) is 1.90. The third-order valence-electron chi connectivity index (χ3n) is 2.68. The summed E-state index contributed by atoms with van der Waals surface area (Å²) in [6.07, 6.45) is 0. The van der Waals surface area contributed by atoms with Gasteiger partial charge in [-0.05, 0) is 23.8 Å². The topological polar surface area (TPSA) is 39.2 Å². The standard InChI is InChI=1S/C13H11NO.ClH/c14-8-9-5-6-13-11(7-9)10-3-1-2-4-12(10)15-13;/h1-7H,8,14H2;1H. The molecular weight excluding hydrogens is 222 g/mol. The minimum atomic E-state index is 0. The van der Waals surface area contributed by atoms with Crippen molar-refractivity contribution in [3.8, 4) is 0 Å². The molecule has 0 unspecified atom stereocenters. The van der Waals surface area contributed by atoms with Gasteiger partial charge in [-0.25, -0.2) is 0 Å². The van der Waals surface area contributed by atoms with Crippen LogP contribution in [0.2, 0.25) is 0 Å². The van der Waals surface area contributed by atoms with E-state index in [0.29, 0.717) is 6.54 Å². The fraction of sp³-hybridized carbons (Fsp3) is 0.0769. The fourth-order valence-corrected chi connectivity index (χ4v) is 1.90. The maximum atomic E-state index is 5.71. The molecule has 0 radical (unpaired) electrons. The molecule has 1 aromatic heterocycles. The molecule has 0 saturated heterocycles. The van der Waals surface area contributed by atoms with Crippen molar-refractivity contribution in [3.05, 3.63) is 48.0 Å². The number of hydrogen-bond acceptors (Lipinski definition) is 2. The second-order valence-corrected chi connectivity index (χ2v) is 3.63. The van der Waals surface area contributed by atoms with E-state index in [4.69, 9.17) is 10.2 Å². The number of nitrogens with two attached hydrogens (primary N) is 1. The van der Waals surface area contributed by atoms with Crippen molar-refractivity contribution < 1.29 is 4.42 Å². The summed E-state index contributed by atoms with van der Waals surface area (Å²) < 4.78 is 5.71. The molecular formula is C13H12ClNO. The molecule has 0 aliphatic heterocycles. The van der Waals surface area contributed by atoms with Gasteiger partial charge in [0, 0.05) is 17.3 Å². The van der Waals surface area contributed by atoms with Crippen LogP contribution in [0.4, 0.5) is 0 Å². The predicted octanol–water partition coefficient (Wildman–Crippen LogP) is 3.47. The van der Waals surface area contributed by atoms with E-state index in [2.05, 4.69) is 12.1 Å². The highest BCUT2D eigenvalue weighted by molar-refractivity contribution is 6.04. The van der Waals surface area contributed by atoms with E-state index in [0.717, 1.165) is 27.5 Å². The maximum Gasteiger partial charge on any atom is 0.135 e. The lowest BCUT2D eigenvalue weighted by Gasteiger charge is -1.95. The lowest BCUT2D eigenvalue weighted by atomic mass is 10.1. The first-order chi connectivity index (χ1) is 7.38. The predicted molar refractivity (Wildman–Crippen MR) is 68.9 cm³/mol. The average molecular weight is 234 g/mol. The highest BCUT2D eigenvalue weighted by atomic mass is 35.5. The Labute approximate surface area is 99.4 Å². The molecule has 16 heavy (non-hydrogen) atoms. The Bertz CT molecular complexity index is 630.